The molecule has 0 spiro atoms. The van der Waals surface area contributed by atoms with Crippen molar-refractivity contribution in [3.8, 4) is 0 Å². The molecule has 0 N–H and O–H groups in total. The van der Waals surface area contributed by atoms with Gasteiger partial charge in [-0.05, 0) is 39.0 Å². The summed E-state index contributed by atoms with van der Waals surface area (Å²) in [5.74, 6) is -0.222. The van der Waals surface area contributed by atoms with E-state index in [0.29, 0.717) is 12.5 Å². The van der Waals surface area contributed by atoms with Crippen molar-refractivity contribution in [2.75, 3.05) is 6.61 Å². The number of carbonyl (C=O) groups excluding carboxylic acids is 3. The molecule has 0 aliphatic carbocycles. The van der Waals surface area contributed by atoms with Gasteiger partial charge in [-0.15, -0.1) is 0 Å². The van der Waals surface area contributed by atoms with Crippen LogP contribution in [0.1, 0.15) is 60.8 Å². The van der Waals surface area contributed by atoms with Gasteiger partial charge in [0.1, 0.15) is 0 Å². The first-order valence-electron chi connectivity index (χ1n) is 8.93. The summed E-state index contributed by atoms with van der Waals surface area (Å²) >= 11 is 0. The molecule has 0 rings (SSSR count). The van der Waals surface area contributed by atoms with Gasteiger partial charge in [-0.2, -0.15) is 0 Å². The van der Waals surface area contributed by atoms with E-state index in [-0.39, 0.29) is 23.3 Å². The zero-order valence-corrected chi connectivity index (χ0v) is 17.7. The Morgan fingerprint density at radius 2 is 1.56 bits per heavy atom. The van der Waals surface area contributed by atoms with Gasteiger partial charge < -0.3 is 14.2 Å². The second kappa shape index (κ2) is 18.4. The van der Waals surface area contributed by atoms with E-state index in [2.05, 4.69) is 43.1 Å². The number of rotatable bonds is 9. The molecule has 0 aliphatic heterocycles. The molecule has 0 aliphatic rings. The minimum atomic E-state index is -0.359. The van der Waals surface area contributed by atoms with Gasteiger partial charge in [0.2, 0.25) is 0 Å². The van der Waals surface area contributed by atoms with Gasteiger partial charge in [-0.25, -0.2) is 4.79 Å². The predicted octanol–water partition coefficient (Wildman–Crippen LogP) is 4.95. The zero-order valence-electron chi connectivity index (χ0n) is 17.7. The summed E-state index contributed by atoms with van der Waals surface area (Å²) in [6, 6.07) is 0. The average molecular weight is 385 g/mol. The van der Waals surface area contributed by atoms with Crippen LogP contribution in [0.4, 0.5) is 0 Å². The molecule has 0 heterocycles. The molecule has 0 radical (unpaired) electrons. The van der Waals surface area contributed by atoms with E-state index in [1.54, 1.807) is 6.92 Å². The first-order valence-corrected chi connectivity index (χ1v) is 8.93. The molecule has 6 nitrogen and oxygen atoms in total. The van der Waals surface area contributed by atoms with E-state index in [4.69, 9.17) is 4.74 Å². The molecule has 156 valence electrons. The fourth-order valence-corrected chi connectivity index (χ4v) is 1.57. The fourth-order valence-electron chi connectivity index (χ4n) is 1.57. The summed E-state index contributed by atoms with van der Waals surface area (Å²) in [4.78, 5) is 31.4. The quantitative estimate of drug-likeness (QED) is 0.242. The van der Waals surface area contributed by atoms with E-state index in [1.165, 1.54) is 13.2 Å². The van der Waals surface area contributed by atoms with E-state index in [9.17, 15) is 14.4 Å². The van der Waals surface area contributed by atoms with Crippen LogP contribution in [0, 0.1) is 11.3 Å². The number of hydrogen-bond acceptors (Lipinski definition) is 6. The van der Waals surface area contributed by atoms with Crippen LogP contribution >= 0.6 is 0 Å². The molecule has 1 unspecified atom stereocenters. The highest BCUT2D eigenvalue weighted by Gasteiger charge is 2.32. The van der Waals surface area contributed by atoms with Gasteiger partial charge in [-0.3, -0.25) is 9.59 Å². The third kappa shape index (κ3) is 19.8. The minimum absolute atomic E-state index is 0.157. The number of carbonyl (C=O) groups is 3. The molecule has 0 saturated heterocycles. The number of hydrogen-bond donors (Lipinski definition) is 0. The summed E-state index contributed by atoms with van der Waals surface area (Å²) in [6.07, 6.45) is 6.20. The van der Waals surface area contributed by atoms with Gasteiger partial charge in [0.05, 0.1) is 24.5 Å². The molecular formula is C21H36O6. The lowest BCUT2D eigenvalue weighted by atomic mass is 9.81. The number of ether oxygens (including phenoxy) is 3. The Balaban J connectivity index is -0.000000369. The zero-order chi connectivity index (χ0) is 21.9. The maximum atomic E-state index is 11.6. The first kappa shape index (κ1) is 29.4. The summed E-state index contributed by atoms with van der Waals surface area (Å²) < 4.78 is 13.5. The summed E-state index contributed by atoms with van der Waals surface area (Å²) in [5, 5.41) is 0. The molecule has 0 aromatic carbocycles. The highest BCUT2D eigenvalue weighted by Crippen LogP contribution is 2.30. The van der Waals surface area contributed by atoms with Gasteiger partial charge in [-0.1, -0.05) is 40.5 Å². The summed E-state index contributed by atoms with van der Waals surface area (Å²) in [5.41, 5.74) is -0.349. The first-order chi connectivity index (χ1) is 12.5. The van der Waals surface area contributed by atoms with E-state index < -0.39 is 0 Å². The van der Waals surface area contributed by atoms with Gasteiger partial charge in [0.15, 0.2) is 0 Å². The van der Waals surface area contributed by atoms with Gasteiger partial charge >= 0.3 is 17.9 Å². The summed E-state index contributed by atoms with van der Waals surface area (Å²) in [6.45, 7) is 21.6. The minimum Gasteiger partial charge on any atom is -0.463 e. The normalized spacial score (nSPS) is 11.2. The van der Waals surface area contributed by atoms with Gasteiger partial charge in [0.25, 0.3) is 0 Å². The highest BCUT2D eigenvalue weighted by molar-refractivity contribution is 5.81. The molecule has 0 aromatic rings. The van der Waals surface area contributed by atoms with Crippen molar-refractivity contribution in [2.24, 2.45) is 11.3 Å². The third-order valence-corrected chi connectivity index (χ3v) is 3.44. The van der Waals surface area contributed by atoms with Crippen LogP contribution in [-0.2, 0) is 28.6 Å². The van der Waals surface area contributed by atoms with Gasteiger partial charge in [0, 0.05) is 13.0 Å². The number of esters is 3. The molecule has 6 heteroatoms. The van der Waals surface area contributed by atoms with E-state index >= 15 is 0 Å². The topological polar surface area (TPSA) is 78.9 Å². The van der Waals surface area contributed by atoms with Crippen LogP contribution in [-0.4, -0.2) is 24.5 Å². The van der Waals surface area contributed by atoms with Crippen LogP contribution < -0.4 is 0 Å². The molecule has 0 fully saturated rings. The maximum absolute atomic E-state index is 11.6. The lowest BCUT2D eigenvalue weighted by Gasteiger charge is -2.25. The lowest BCUT2D eigenvalue weighted by molar-refractivity contribution is -0.149. The third-order valence-electron chi connectivity index (χ3n) is 3.44. The monoisotopic (exact) mass is 384 g/mol. The Hall–Kier alpha value is -2.37. The Labute approximate surface area is 164 Å². The largest absolute Gasteiger partial charge is 0.463 e. The SMILES string of the molecule is C=CC(=O)OCC.C=COC(=O)C(C)(CC)CCC(C)C.C=COC(C)=O. The highest BCUT2D eigenvalue weighted by atomic mass is 16.5. The molecule has 1 atom stereocenters. The van der Waals surface area contributed by atoms with Crippen molar-refractivity contribution in [1.82, 2.24) is 0 Å². The van der Waals surface area contributed by atoms with Crippen LogP contribution in [0.5, 0.6) is 0 Å². The van der Waals surface area contributed by atoms with Crippen LogP contribution in [0.15, 0.2) is 38.3 Å². The Bertz CT molecular complexity index is 467. The molecular weight excluding hydrogens is 348 g/mol. The molecule has 27 heavy (non-hydrogen) atoms. The van der Waals surface area contributed by atoms with E-state index in [1.807, 2.05) is 13.8 Å². The molecule has 0 amide bonds. The molecule has 0 saturated carbocycles. The maximum Gasteiger partial charge on any atom is 0.330 e. The summed E-state index contributed by atoms with van der Waals surface area (Å²) in [7, 11) is 0. The Morgan fingerprint density at radius 3 is 1.78 bits per heavy atom. The van der Waals surface area contributed by atoms with E-state index in [0.717, 1.165) is 31.6 Å². The van der Waals surface area contributed by atoms with Crippen molar-refractivity contribution in [3.05, 3.63) is 38.3 Å². The van der Waals surface area contributed by atoms with Crippen molar-refractivity contribution in [1.29, 1.82) is 0 Å². The predicted molar refractivity (Wildman–Crippen MR) is 108 cm³/mol. The molecule has 0 aromatic heterocycles. The van der Waals surface area contributed by atoms with Crippen molar-refractivity contribution < 1.29 is 28.6 Å². The Morgan fingerprint density at radius 1 is 1.04 bits per heavy atom. The van der Waals surface area contributed by atoms with Crippen LogP contribution in [0.2, 0.25) is 0 Å². The Kier molecular flexibility index (Phi) is 20.1. The smallest absolute Gasteiger partial charge is 0.330 e. The fraction of sp³-hybridized carbons (Fsp3) is 0.571. The lowest BCUT2D eigenvalue weighted by Crippen LogP contribution is -2.28. The second-order valence-corrected chi connectivity index (χ2v) is 6.15. The van der Waals surface area contributed by atoms with Crippen molar-refractivity contribution in [2.45, 2.75) is 60.8 Å². The van der Waals surface area contributed by atoms with Crippen molar-refractivity contribution in [3.63, 3.8) is 0 Å². The van der Waals surface area contributed by atoms with Crippen LogP contribution in [0.25, 0.3) is 0 Å². The standard InChI is InChI=1S/C12H22O2.C5H8O2.C4H6O2/c1-6-12(5,9-8-10(3)4)11(13)14-7-2;1-3-5(6)7-4-2;1-3-6-4(2)5/h7,10H,2,6,8-9H2,1,3-5H3;3H,1,4H2,2H3;3H,1H2,2H3. The van der Waals surface area contributed by atoms with Crippen LogP contribution in [0.3, 0.4) is 0 Å². The molecule has 0 bridgehead atoms. The van der Waals surface area contributed by atoms with Crippen molar-refractivity contribution >= 4 is 17.9 Å². The average Bonchev–Trinajstić information content (AvgIpc) is 2.61. The second-order valence-electron chi connectivity index (χ2n) is 6.15.